The number of aryl methyl sites for hydroxylation is 1. The second-order valence-corrected chi connectivity index (χ2v) is 5.22. The van der Waals surface area contributed by atoms with Gasteiger partial charge in [-0.05, 0) is 46.8 Å². The van der Waals surface area contributed by atoms with Crippen molar-refractivity contribution in [2.75, 3.05) is 37.8 Å². The highest BCUT2D eigenvalue weighted by atomic mass is 16.6. The van der Waals surface area contributed by atoms with Gasteiger partial charge in [-0.25, -0.2) is 0 Å². The summed E-state index contributed by atoms with van der Waals surface area (Å²) in [5.74, 6) is -1.18. The fourth-order valence-electron chi connectivity index (χ4n) is 1.87. The summed E-state index contributed by atoms with van der Waals surface area (Å²) >= 11 is 0. The van der Waals surface area contributed by atoms with Crippen LogP contribution in [0.5, 0.6) is 0 Å². The third kappa shape index (κ3) is 12.3. The Bertz CT molecular complexity index is 491. The number of nitrogens with zero attached hydrogens (tertiary/aromatic N) is 2. The molecule has 5 heteroatoms. The van der Waals surface area contributed by atoms with Crippen LogP contribution in [0.4, 0.5) is 5.69 Å². The van der Waals surface area contributed by atoms with Crippen molar-refractivity contribution in [3.05, 3.63) is 29.8 Å². The first-order valence-electron chi connectivity index (χ1n) is 9.45. The molecule has 1 aromatic rings. The number of nitriles is 1. The maximum atomic E-state index is 10.8. The quantitative estimate of drug-likeness (QED) is 0.498. The van der Waals surface area contributed by atoms with Crippen molar-refractivity contribution in [3.8, 4) is 6.07 Å². The summed E-state index contributed by atoms with van der Waals surface area (Å²) in [6.07, 6.45) is 0. The van der Waals surface area contributed by atoms with Crippen LogP contribution in [0.3, 0.4) is 0 Å². The smallest absolute Gasteiger partial charge is 0.323 e. The fraction of sp³-hybridized carbons (Fsp3) is 0.619. The molecule has 1 aromatic carbocycles. The third-order valence-electron chi connectivity index (χ3n) is 3.39. The van der Waals surface area contributed by atoms with Crippen molar-refractivity contribution in [2.24, 2.45) is 5.92 Å². The molecule has 0 heterocycles. The van der Waals surface area contributed by atoms with E-state index < -0.39 is 11.9 Å². The van der Waals surface area contributed by atoms with E-state index in [0.29, 0.717) is 13.2 Å². The summed E-state index contributed by atoms with van der Waals surface area (Å²) in [7, 11) is 0. The number of ether oxygens (including phenoxy) is 2. The summed E-state index contributed by atoms with van der Waals surface area (Å²) in [6, 6.07) is 10.5. The molecule has 0 aliphatic rings. The van der Waals surface area contributed by atoms with Crippen molar-refractivity contribution in [1.82, 2.24) is 0 Å². The van der Waals surface area contributed by atoms with Gasteiger partial charge in [0.15, 0.2) is 0 Å². The number of carbonyl (C=O) groups is 1. The zero-order valence-electron chi connectivity index (χ0n) is 17.5. The second-order valence-electron chi connectivity index (χ2n) is 5.22. The lowest BCUT2D eigenvalue weighted by atomic mass is 10.2. The molecule has 0 aromatic heterocycles. The molecular weight excluding hydrogens is 328 g/mol. The molecule has 0 radical (unpaired) electrons. The molecule has 1 atom stereocenters. The molecule has 0 aliphatic heterocycles. The molecule has 0 N–H and O–H groups in total. The fourth-order valence-corrected chi connectivity index (χ4v) is 1.87. The lowest BCUT2D eigenvalue weighted by Gasteiger charge is -2.20. The first-order chi connectivity index (χ1) is 12.5. The number of esters is 1. The largest absolute Gasteiger partial charge is 0.462 e. The minimum Gasteiger partial charge on any atom is -0.462 e. The standard InChI is InChI=1S/C11H17N.C8H13NO3.C2H6/c1-4-12(5-2)11-8-6-10(3)7-9-11;1-3-11-4-5-12-8(10)7(2)6-9;1-2/h6-9H,4-5H2,1-3H3;7H,3-5H2,1-2H3;1-2H3. The van der Waals surface area contributed by atoms with Crippen LogP contribution in [-0.4, -0.2) is 38.9 Å². The number of carbonyl (C=O) groups excluding carboxylic acids is 1. The van der Waals surface area contributed by atoms with E-state index in [0.717, 1.165) is 13.1 Å². The van der Waals surface area contributed by atoms with Gasteiger partial charge in [0.2, 0.25) is 0 Å². The minimum absolute atomic E-state index is 0.221. The van der Waals surface area contributed by atoms with Gasteiger partial charge in [-0.15, -0.1) is 0 Å². The van der Waals surface area contributed by atoms with Gasteiger partial charge in [0, 0.05) is 25.4 Å². The molecule has 148 valence electrons. The Hall–Kier alpha value is -2.06. The second kappa shape index (κ2) is 17.8. The highest BCUT2D eigenvalue weighted by molar-refractivity contribution is 5.74. The Kier molecular flexibility index (Phi) is 17.9. The average Bonchev–Trinajstić information content (AvgIpc) is 2.69. The van der Waals surface area contributed by atoms with E-state index in [-0.39, 0.29) is 6.61 Å². The van der Waals surface area contributed by atoms with E-state index in [2.05, 4.69) is 49.9 Å². The van der Waals surface area contributed by atoms with E-state index in [1.165, 1.54) is 18.2 Å². The molecule has 0 bridgehead atoms. The summed E-state index contributed by atoms with van der Waals surface area (Å²) < 4.78 is 9.65. The van der Waals surface area contributed by atoms with Crippen LogP contribution in [0, 0.1) is 24.2 Å². The first-order valence-corrected chi connectivity index (χ1v) is 9.45. The molecule has 0 aliphatic carbocycles. The van der Waals surface area contributed by atoms with E-state index in [1.807, 2.05) is 20.8 Å². The van der Waals surface area contributed by atoms with Gasteiger partial charge in [0.25, 0.3) is 0 Å². The van der Waals surface area contributed by atoms with Crippen molar-refractivity contribution >= 4 is 11.7 Å². The lowest BCUT2D eigenvalue weighted by Crippen LogP contribution is -2.21. The molecule has 1 unspecified atom stereocenters. The van der Waals surface area contributed by atoms with Gasteiger partial charge < -0.3 is 14.4 Å². The average molecular weight is 365 g/mol. The number of hydrogen-bond acceptors (Lipinski definition) is 5. The van der Waals surface area contributed by atoms with Crippen molar-refractivity contribution in [3.63, 3.8) is 0 Å². The van der Waals surface area contributed by atoms with E-state index >= 15 is 0 Å². The monoisotopic (exact) mass is 364 g/mol. The Morgan fingerprint density at radius 2 is 1.65 bits per heavy atom. The van der Waals surface area contributed by atoms with E-state index in [4.69, 9.17) is 14.7 Å². The Balaban J connectivity index is 0. The van der Waals surface area contributed by atoms with Crippen LogP contribution in [-0.2, 0) is 14.3 Å². The summed E-state index contributed by atoms with van der Waals surface area (Å²) in [5, 5.41) is 8.33. The predicted octanol–water partition coefficient (Wildman–Crippen LogP) is 4.59. The topological polar surface area (TPSA) is 62.6 Å². The van der Waals surface area contributed by atoms with Gasteiger partial charge >= 0.3 is 5.97 Å². The minimum atomic E-state index is -0.688. The van der Waals surface area contributed by atoms with Crippen LogP contribution in [0.1, 0.15) is 47.1 Å². The van der Waals surface area contributed by atoms with Crippen LogP contribution >= 0.6 is 0 Å². The van der Waals surface area contributed by atoms with Crippen LogP contribution < -0.4 is 4.90 Å². The van der Waals surface area contributed by atoms with Crippen LogP contribution in [0.25, 0.3) is 0 Å². The highest BCUT2D eigenvalue weighted by Gasteiger charge is 2.12. The summed E-state index contributed by atoms with van der Waals surface area (Å²) in [6.45, 7) is 17.2. The lowest BCUT2D eigenvalue weighted by molar-refractivity contribution is -0.147. The molecular formula is C21H36N2O3. The van der Waals surface area contributed by atoms with Gasteiger partial charge in [0.05, 0.1) is 12.7 Å². The first kappa shape index (κ1) is 26.2. The SMILES string of the molecule is CC.CCN(CC)c1ccc(C)cc1.CCOCCOC(=O)C(C)C#N. The van der Waals surface area contributed by atoms with Crippen molar-refractivity contribution in [1.29, 1.82) is 5.26 Å². The molecule has 0 spiro atoms. The zero-order chi connectivity index (χ0) is 20.4. The Morgan fingerprint density at radius 1 is 1.12 bits per heavy atom. The van der Waals surface area contributed by atoms with Crippen molar-refractivity contribution < 1.29 is 14.3 Å². The van der Waals surface area contributed by atoms with Gasteiger partial charge in [-0.3, -0.25) is 4.79 Å². The molecule has 0 fully saturated rings. The number of hydrogen-bond donors (Lipinski definition) is 0. The van der Waals surface area contributed by atoms with Crippen LogP contribution in [0.15, 0.2) is 24.3 Å². The number of rotatable bonds is 8. The molecule has 0 saturated heterocycles. The van der Waals surface area contributed by atoms with E-state index in [9.17, 15) is 4.79 Å². The van der Waals surface area contributed by atoms with Gasteiger partial charge in [0.1, 0.15) is 12.5 Å². The molecule has 0 saturated carbocycles. The third-order valence-corrected chi connectivity index (χ3v) is 3.39. The molecule has 5 nitrogen and oxygen atoms in total. The Morgan fingerprint density at radius 3 is 2.08 bits per heavy atom. The highest BCUT2D eigenvalue weighted by Crippen LogP contribution is 2.13. The van der Waals surface area contributed by atoms with Crippen molar-refractivity contribution in [2.45, 2.75) is 48.5 Å². The van der Waals surface area contributed by atoms with Gasteiger partial charge in [-0.1, -0.05) is 31.5 Å². The zero-order valence-corrected chi connectivity index (χ0v) is 17.5. The Labute approximate surface area is 159 Å². The molecule has 1 rings (SSSR count). The molecule has 26 heavy (non-hydrogen) atoms. The maximum Gasteiger partial charge on any atom is 0.323 e. The number of anilines is 1. The van der Waals surface area contributed by atoms with Gasteiger partial charge in [-0.2, -0.15) is 5.26 Å². The normalized spacial score (nSPS) is 10.2. The van der Waals surface area contributed by atoms with E-state index in [1.54, 1.807) is 6.07 Å². The number of benzene rings is 1. The molecule has 0 amide bonds. The summed E-state index contributed by atoms with van der Waals surface area (Å²) in [5.41, 5.74) is 2.65. The predicted molar refractivity (Wildman–Crippen MR) is 108 cm³/mol. The summed E-state index contributed by atoms with van der Waals surface area (Å²) in [4.78, 5) is 13.2. The van der Waals surface area contributed by atoms with Crippen LogP contribution in [0.2, 0.25) is 0 Å². The maximum absolute atomic E-state index is 10.8.